The highest BCUT2D eigenvalue weighted by Crippen LogP contribution is 2.30. The molecule has 3 aromatic rings. The molecule has 230 valence electrons. The summed E-state index contributed by atoms with van der Waals surface area (Å²) in [6.07, 6.45) is -0.0112. The molecule has 2 atom stereocenters. The van der Waals surface area contributed by atoms with Crippen molar-refractivity contribution in [2.45, 2.75) is 85.9 Å². The summed E-state index contributed by atoms with van der Waals surface area (Å²) in [5.41, 5.74) is 5.12. The van der Waals surface area contributed by atoms with E-state index in [-0.39, 0.29) is 24.6 Å². The number of para-hydroxylation sites is 1. The lowest BCUT2D eigenvalue weighted by atomic mass is 9.95. The number of aryl methyl sites for hydroxylation is 4. The van der Waals surface area contributed by atoms with E-state index in [9.17, 15) is 19.5 Å². The summed E-state index contributed by atoms with van der Waals surface area (Å²) in [6, 6.07) is 16.1. The van der Waals surface area contributed by atoms with Gasteiger partial charge in [0.25, 0.3) is 5.91 Å². The van der Waals surface area contributed by atoms with Crippen LogP contribution in [0.2, 0.25) is 0 Å². The minimum atomic E-state index is -1.04. The van der Waals surface area contributed by atoms with Gasteiger partial charge >= 0.3 is 6.09 Å². The average Bonchev–Trinajstić information content (AvgIpc) is 2.91. The lowest BCUT2D eigenvalue weighted by Gasteiger charge is -2.35. The van der Waals surface area contributed by atoms with Crippen LogP contribution in [-0.4, -0.2) is 46.1 Å². The van der Waals surface area contributed by atoms with Crippen LogP contribution in [0, 0.1) is 27.7 Å². The minimum absolute atomic E-state index is 0.0948. The van der Waals surface area contributed by atoms with Crippen molar-refractivity contribution < 1.29 is 24.2 Å². The smallest absolute Gasteiger partial charge is 0.408 e. The molecule has 3 rings (SSSR count). The first-order valence-electron chi connectivity index (χ1n) is 14.7. The predicted molar refractivity (Wildman–Crippen MR) is 170 cm³/mol. The Balaban J connectivity index is 2.10. The molecule has 0 aliphatic rings. The van der Waals surface area contributed by atoms with Gasteiger partial charge in [0, 0.05) is 18.7 Å². The standard InChI is InChI=1S/C35H45N3O5/c1-9-19-38(33(41)29(36-34(42)43-35(6,7)8)21-26-14-16-27(39)17-15-26)31(28-18-13-22(2)20-25(28)5)32(40)37-30-23(3)11-10-12-24(30)4/h10-18,20,29,31,39H,9,19,21H2,1-8H3,(H,36,42)(H,37,40). The van der Waals surface area contributed by atoms with Crippen molar-refractivity contribution in [1.29, 1.82) is 0 Å². The molecule has 0 bridgehead atoms. The Labute approximate surface area is 255 Å². The molecule has 3 aromatic carbocycles. The summed E-state index contributed by atoms with van der Waals surface area (Å²) in [5.74, 6) is -0.661. The Morgan fingerprint density at radius 1 is 0.907 bits per heavy atom. The lowest BCUT2D eigenvalue weighted by molar-refractivity contribution is -0.140. The van der Waals surface area contributed by atoms with Crippen LogP contribution in [0.5, 0.6) is 5.75 Å². The van der Waals surface area contributed by atoms with Crippen molar-refractivity contribution >= 4 is 23.6 Å². The Morgan fingerprint density at radius 2 is 1.53 bits per heavy atom. The summed E-state index contributed by atoms with van der Waals surface area (Å²) >= 11 is 0. The first-order chi connectivity index (χ1) is 20.2. The zero-order valence-electron chi connectivity index (χ0n) is 26.6. The van der Waals surface area contributed by atoms with Crippen molar-refractivity contribution in [3.63, 3.8) is 0 Å². The number of amides is 3. The minimum Gasteiger partial charge on any atom is -0.508 e. The maximum atomic E-state index is 14.5. The van der Waals surface area contributed by atoms with E-state index in [1.807, 2.05) is 71.0 Å². The van der Waals surface area contributed by atoms with E-state index in [0.717, 1.165) is 27.8 Å². The largest absolute Gasteiger partial charge is 0.508 e. The molecule has 0 saturated heterocycles. The molecule has 0 radical (unpaired) electrons. The second-order valence-electron chi connectivity index (χ2n) is 12.1. The molecule has 0 saturated carbocycles. The number of hydrogen-bond donors (Lipinski definition) is 3. The van der Waals surface area contributed by atoms with Gasteiger partial charge in [-0.3, -0.25) is 9.59 Å². The number of anilines is 1. The Bertz CT molecular complexity index is 1420. The number of phenols is 1. The number of phenolic OH excluding ortho intramolecular Hbond substituents is 1. The first kappa shape index (κ1) is 33.2. The van der Waals surface area contributed by atoms with E-state index in [1.165, 1.54) is 12.1 Å². The van der Waals surface area contributed by atoms with E-state index in [0.29, 0.717) is 17.7 Å². The van der Waals surface area contributed by atoms with E-state index in [1.54, 1.807) is 37.8 Å². The summed E-state index contributed by atoms with van der Waals surface area (Å²) in [5, 5.41) is 15.7. The van der Waals surface area contributed by atoms with Gasteiger partial charge in [0.1, 0.15) is 23.4 Å². The van der Waals surface area contributed by atoms with E-state index >= 15 is 0 Å². The third-order valence-electron chi connectivity index (χ3n) is 7.12. The van der Waals surface area contributed by atoms with E-state index in [4.69, 9.17) is 4.74 Å². The average molecular weight is 588 g/mol. The van der Waals surface area contributed by atoms with Crippen LogP contribution < -0.4 is 10.6 Å². The van der Waals surface area contributed by atoms with Gasteiger partial charge in [-0.1, -0.05) is 61.0 Å². The topological polar surface area (TPSA) is 108 Å². The highest BCUT2D eigenvalue weighted by Gasteiger charge is 2.37. The maximum absolute atomic E-state index is 14.5. The Kier molecular flexibility index (Phi) is 11.0. The van der Waals surface area contributed by atoms with Crippen LogP contribution in [0.3, 0.4) is 0 Å². The molecule has 8 heteroatoms. The third kappa shape index (κ3) is 9.08. The molecule has 0 aliphatic carbocycles. The van der Waals surface area contributed by atoms with Crippen molar-refractivity contribution in [2.24, 2.45) is 0 Å². The zero-order chi connectivity index (χ0) is 31.9. The molecular formula is C35H45N3O5. The van der Waals surface area contributed by atoms with Gasteiger partial charge < -0.3 is 25.4 Å². The fraction of sp³-hybridized carbons (Fsp3) is 0.400. The number of carbonyl (C=O) groups is 3. The van der Waals surface area contributed by atoms with Crippen molar-refractivity contribution in [3.8, 4) is 5.75 Å². The van der Waals surface area contributed by atoms with Crippen molar-refractivity contribution in [1.82, 2.24) is 10.2 Å². The van der Waals surface area contributed by atoms with Crippen LogP contribution >= 0.6 is 0 Å². The molecule has 0 heterocycles. The number of ether oxygens (including phenoxy) is 1. The van der Waals surface area contributed by atoms with Crippen LogP contribution in [0.25, 0.3) is 0 Å². The normalized spacial score (nSPS) is 12.7. The first-order valence-corrected chi connectivity index (χ1v) is 14.7. The van der Waals surface area contributed by atoms with Crippen LogP contribution in [0.1, 0.15) is 73.5 Å². The van der Waals surface area contributed by atoms with Gasteiger partial charge in [-0.25, -0.2) is 4.79 Å². The lowest BCUT2D eigenvalue weighted by Crippen LogP contribution is -2.53. The van der Waals surface area contributed by atoms with Gasteiger partial charge in [-0.05, 0) is 94.8 Å². The van der Waals surface area contributed by atoms with Crippen molar-refractivity contribution in [3.05, 3.63) is 94.0 Å². The molecule has 0 aliphatic heterocycles. The number of carbonyl (C=O) groups excluding carboxylic acids is 3. The second-order valence-corrected chi connectivity index (χ2v) is 12.1. The highest BCUT2D eigenvalue weighted by atomic mass is 16.6. The molecular weight excluding hydrogens is 542 g/mol. The fourth-order valence-electron chi connectivity index (χ4n) is 5.11. The highest BCUT2D eigenvalue weighted by molar-refractivity contribution is 6.00. The summed E-state index contributed by atoms with van der Waals surface area (Å²) in [4.78, 5) is 43.3. The molecule has 0 aromatic heterocycles. The Hall–Kier alpha value is -4.33. The third-order valence-corrected chi connectivity index (χ3v) is 7.12. The number of rotatable bonds is 10. The fourth-order valence-corrected chi connectivity index (χ4v) is 5.11. The molecule has 8 nitrogen and oxygen atoms in total. The van der Waals surface area contributed by atoms with Crippen molar-refractivity contribution in [2.75, 3.05) is 11.9 Å². The SMILES string of the molecule is CCCN(C(=O)C(Cc1ccc(O)cc1)NC(=O)OC(C)(C)C)C(C(=O)Nc1c(C)cccc1C)c1ccc(C)cc1C. The molecule has 0 fully saturated rings. The maximum Gasteiger partial charge on any atom is 0.408 e. The molecule has 3 N–H and O–H groups in total. The molecule has 2 unspecified atom stereocenters. The monoisotopic (exact) mass is 587 g/mol. The second kappa shape index (κ2) is 14.2. The number of aromatic hydroxyl groups is 1. The van der Waals surface area contributed by atoms with Gasteiger partial charge in [0.15, 0.2) is 0 Å². The predicted octanol–water partition coefficient (Wildman–Crippen LogP) is 6.68. The summed E-state index contributed by atoms with van der Waals surface area (Å²) in [7, 11) is 0. The van der Waals surface area contributed by atoms with Gasteiger partial charge in [-0.2, -0.15) is 0 Å². The van der Waals surface area contributed by atoms with Crippen LogP contribution in [-0.2, 0) is 20.7 Å². The quantitative estimate of drug-likeness (QED) is 0.245. The van der Waals surface area contributed by atoms with Gasteiger partial charge in [-0.15, -0.1) is 0 Å². The zero-order valence-corrected chi connectivity index (χ0v) is 26.6. The van der Waals surface area contributed by atoms with Crippen LogP contribution in [0.4, 0.5) is 10.5 Å². The number of nitrogens with zero attached hydrogens (tertiary/aromatic N) is 1. The van der Waals surface area contributed by atoms with Gasteiger partial charge in [0.05, 0.1) is 0 Å². The molecule has 43 heavy (non-hydrogen) atoms. The molecule has 3 amide bonds. The van der Waals surface area contributed by atoms with Gasteiger partial charge in [0.2, 0.25) is 5.91 Å². The molecule has 0 spiro atoms. The number of benzene rings is 3. The number of hydrogen-bond acceptors (Lipinski definition) is 5. The Morgan fingerprint density at radius 3 is 2.09 bits per heavy atom. The summed E-state index contributed by atoms with van der Waals surface area (Å²) in [6.45, 7) is 15.3. The summed E-state index contributed by atoms with van der Waals surface area (Å²) < 4.78 is 5.51. The number of nitrogens with one attached hydrogen (secondary N) is 2. The van der Waals surface area contributed by atoms with Crippen LogP contribution in [0.15, 0.2) is 60.7 Å². The van der Waals surface area contributed by atoms with E-state index < -0.39 is 29.7 Å². The number of alkyl carbamates (subject to hydrolysis) is 1. The van der Waals surface area contributed by atoms with E-state index in [2.05, 4.69) is 10.6 Å².